The monoisotopic (exact) mass is 472 g/mol. The van der Waals surface area contributed by atoms with Crippen molar-refractivity contribution in [1.82, 2.24) is 14.7 Å². The fraction of sp³-hybridized carbons (Fsp3) is 0.185. The summed E-state index contributed by atoms with van der Waals surface area (Å²) in [7, 11) is 1.63. The van der Waals surface area contributed by atoms with E-state index in [2.05, 4.69) is 4.90 Å². The molecule has 172 valence electrons. The summed E-state index contributed by atoms with van der Waals surface area (Å²) in [6, 6.07) is 27.2. The highest BCUT2D eigenvalue weighted by Gasteiger charge is 2.27. The molecule has 1 aliphatic heterocycles. The fourth-order valence-electron chi connectivity index (χ4n) is 4.22. The second kappa shape index (κ2) is 9.61. The third-order valence-electron chi connectivity index (χ3n) is 6.08. The number of rotatable bonds is 5. The van der Waals surface area contributed by atoms with Gasteiger partial charge < -0.3 is 14.5 Å². The maximum atomic E-state index is 13.7. The molecular weight excluding hydrogens is 448 g/mol. The molecule has 0 atom stereocenters. The lowest BCUT2D eigenvalue weighted by molar-refractivity contribution is 0.0737. The largest absolute Gasteiger partial charge is 0.497 e. The fourth-order valence-corrected chi connectivity index (χ4v) is 4.48. The molecule has 34 heavy (non-hydrogen) atoms. The van der Waals surface area contributed by atoms with Crippen molar-refractivity contribution in [2.24, 2.45) is 0 Å². The molecule has 0 radical (unpaired) electrons. The summed E-state index contributed by atoms with van der Waals surface area (Å²) in [6.45, 7) is 2.66. The van der Waals surface area contributed by atoms with Gasteiger partial charge in [0.05, 0.1) is 29.2 Å². The van der Waals surface area contributed by atoms with E-state index in [1.807, 2.05) is 89.8 Å². The van der Waals surface area contributed by atoms with E-state index in [-0.39, 0.29) is 5.91 Å². The van der Waals surface area contributed by atoms with Crippen molar-refractivity contribution in [1.29, 1.82) is 0 Å². The molecule has 0 bridgehead atoms. The van der Waals surface area contributed by atoms with Crippen LogP contribution in [0.4, 0.5) is 5.69 Å². The molecule has 6 nitrogen and oxygen atoms in total. The first-order valence-electron chi connectivity index (χ1n) is 11.2. The highest BCUT2D eigenvalue weighted by atomic mass is 35.5. The van der Waals surface area contributed by atoms with Gasteiger partial charge in [0.15, 0.2) is 0 Å². The van der Waals surface area contributed by atoms with E-state index in [0.717, 1.165) is 46.5 Å². The zero-order valence-electron chi connectivity index (χ0n) is 18.9. The highest BCUT2D eigenvalue weighted by Crippen LogP contribution is 2.27. The van der Waals surface area contributed by atoms with Crippen molar-refractivity contribution in [3.63, 3.8) is 0 Å². The molecule has 1 saturated heterocycles. The number of aromatic nitrogens is 2. The average molecular weight is 473 g/mol. The third kappa shape index (κ3) is 4.37. The van der Waals surface area contributed by atoms with Crippen molar-refractivity contribution in [2.75, 3.05) is 38.2 Å². The summed E-state index contributed by atoms with van der Waals surface area (Å²) < 4.78 is 7.02. The molecule has 1 amide bonds. The number of amides is 1. The average Bonchev–Trinajstić information content (AvgIpc) is 3.35. The first-order chi connectivity index (χ1) is 16.6. The molecule has 0 N–H and O–H groups in total. The van der Waals surface area contributed by atoms with E-state index in [1.54, 1.807) is 11.8 Å². The molecule has 2 heterocycles. The van der Waals surface area contributed by atoms with Crippen LogP contribution in [0.5, 0.6) is 5.75 Å². The van der Waals surface area contributed by atoms with Gasteiger partial charge in [-0.1, -0.05) is 54.1 Å². The predicted molar refractivity (Wildman–Crippen MR) is 135 cm³/mol. The van der Waals surface area contributed by atoms with Crippen LogP contribution in [0.2, 0.25) is 5.02 Å². The van der Waals surface area contributed by atoms with Crippen molar-refractivity contribution in [2.45, 2.75) is 0 Å². The van der Waals surface area contributed by atoms with Gasteiger partial charge in [-0.3, -0.25) is 4.79 Å². The van der Waals surface area contributed by atoms with Crippen LogP contribution in [0.1, 0.15) is 10.5 Å². The number of anilines is 1. The lowest BCUT2D eigenvalue weighted by Gasteiger charge is -2.36. The standard InChI is InChI=1S/C27H25ClN4O2/c1-34-22-13-11-21(12-14-22)32-26(19-24(29-32)20-7-3-2-4-8-20)27(33)31-17-15-30(16-18-31)25-10-6-5-9-23(25)28/h2-14,19H,15-18H2,1H3. The summed E-state index contributed by atoms with van der Waals surface area (Å²) in [4.78, 5) is 17.8. The number of para-hydroxylation sites is 1. The molecule has 3 aromatic carbocycles. The number of carbonyl (C=O) groups is 1. The van der Waals surface area contributed by atoms with Crippen molar-refractivity contribution < 1.29 is 9.53 Å². The van der Waals surface area contributed by atoms with Crippen LogP contribution >= 0.6 is 11.6 Å². The molecule has 0 aliphatic carbocycles. The molecule has 7 heteroatoms. The van der Waals surface area contributed by atoms with Crippen LogP contribution in [0.15, 0.2) is 84.9 Å². The Morgan fingerprint density at radius 2 is 1.56 bits per heavy atom. The smallest absolute Gasteiger partial charge is 0.272 e. The Balaban J connectivity index is 1.43. The van der Waals surface area contributed by atoms with E-state index in [1.165, 1.54) is 0 Å². The number of halogens is 1. The minimum Gasteiger partial charge on any atom is -0.497 e. The summed E-state index contributed by atoms with van der Waals surface area (Å²) in [5, 5.41) is 5.53. The summed E-state index contributed by atoms with van der Waals surface area (Å²) in [5.41, 5.74) is 4.07. The number of benzene rings is 3. The van der Waals surface area contributed by atoms with E-state index in [4.69, 9.17) is 21.4 Å². The van der Waals surface area contributed by atoms with Gasteiger partial charge in [-0.2, -0.15) is 5.10 Å². The molecule has 0 saturated carbocycles. The van der Waals surface area contributed by atoms with E-state index >= 15 is 0 Å². The first kappa shape index (κ1) is 22.0. The predicted octanol–water partition coefficient (Wildman–Crippen LogP) is 5.16. The maximum Gasteiger partial charge on any atom is 0.272 e. The second-order valence-corrected chi connectivity index (χ2v) is 8.53. The zero-order chi connectivity index (χ0) is 23.5. The Morgan fingerprint density at radius 1 is 0.882 bits per heavy atom. The summed E-state index contributed by atoms with van der Waals surface area (Å²) in [5.74, 6) is 0.715. The second-order valence-electron chi connectivity index (χ2n) is 8.12. The minimum absolute atomic E-state index is 0.0377. The Morgan fingerprint density at radius 3 is 2.24 bits per heavy atom. The zero-order valence-corrected chi connectivity index (χ0v) is 19.7. The Labute approximate surface area is 203 Å². The highest BCUT2D eigenvalue weighted by molar-refractivity contribution is 6.33. The van der Waals surface area contributed by atoms with Crippen LogP contribution in [0, 0.1) is 0 Å². The lowest BCUT2D eigenvalue weighted by Crippen LogP contribution is -2.49. The van der Waals surface area contributed by atoms with Crippen LogP contribution < -0.4 is 9.64 Å². The number of ether oxygens (including phenoxy) is 1. The molecule has 5 rings (SSSR count). The molecule has 0 unspecified atom stereocenters. The molecule has 1 aromatic heterocycles. The van der Waals surface area contributed by atoms with Gasteiger partial charge in [-0.15, -0.1) is 0 Å². The van der Waals surface area contributed by atoms with Crippen LogP contribution in [-0.2, 0) is 0 Å². The van der Waals surface area contributed by atoms with Gasteiger partial charge in [0.2, 0.25) is 0 Å². The van der Waals surface area contributed by atoms with Crippen molar-refractivity contribution in [3.8, 4) is 22.7 Å². The minimum atomic E-state index is -0.0377. The van der Waals surface area contributed by atoms with Gasteiger partial charge in [0.25, 0.3) is 5.91 Å². The number of carbonyl (C=O) groups excluding carboxylic acids is 1. The molecule has 0 spiro atoms. The number of methoxy groups -OCH3 is 1. The van der Waals surface area contributed by atoms with Crippen LogP contribution in [0.25, 0.3) is 16.9 Å². The van der Waals surface area contributed by atoms with Crippen LogP contribution in [-0.4, -0.2) is 53.9 Å². The van der Waals surface area contributed by atoms with Crippen molar-refractivity contribution >= 4 is 23.2 Å². The Bertz CT molecular complexity index is 1280. The number of hydrogen-bond acceptors (Lipinski definition) is 4. The Kier molecular flexibility index (Phi) is 6.23. The van der Waals surface area contributed by atoms with Crippen molar-refractivity contribution in [3.05, 3.63) is 95.6 Å². The first-order valence-corrected chi connectivity index (χ1v) is 11.6. The van der Waals surface area contributed by atoms with Crippen LogP contribution in [0.3, 0.4) is 0 Å². The topological polar surface area (TPSA) is 50.6 Å². The number of piperazine rings is 1. The SMILES string of the molecule is COc1ccc(-n2nc(-c3ccccc3)cc2C(=O)N2CCN(c3ccccc3Cl)CC2)cc1. The molecule has 1 fully saturated rings. The molecular formula is C27H25ClN4O2. The third-order valence-corrected chi connectivity index (χ3v) is 6.39. The Hall–Kier alpha value is -3.77. The summed E-state index contributed by atoms with van der Waals surface area (Å²) in [6.07, 6.45) is 0. The molecule has 4 aromatic rings. The van der Waals surface area contributed by atoms with E-state index < -0.39 is 0 Å². The van der Waals surface area contributed by atoms with E-state index in [0.29, 0.717) is 18.8 Å². The maximum absolute atomic E-state index is 13.7. The van der Waals surface area contributed by atoms with Gasteiger partial charge in [-0.25, -0.2) is 4.68 Å². The van der Waals surface area contributed by atoms with E-state index in [9.17, 15) is 4.79 Å². The van der Waals surface area contributed by atoms with Gasteiger partial charge >= 0.3 is 0 Å². The van der Waals surface area contributed by atoms with Gasteiger partial charge in [0.1, 0.15) is 11.4 Å². The van der Waals surface area contributed by atoms with Gasteiger partial charge in [0, 0.05) is 31.7 Å². The number of nitrogens with zero attached hydrogens (tertiary/aromatic N) is 4. The van der Waals surface area contributed by atoms with Gasteiger partial charge in [-0.05, 0) is 42.5 Å². The summed E-state index contributed by atoms with van der Waals surface area (Å²) >= 11 is 6.38. The number of hydrogen-bond donors (Lipinski definition) is 0. The normalized spacial score (nSPS) is 13.7. The molecule has 1 aliphatic rings. The quantitative estimate of drug-likeness (QED) is 0.402. The lowest BCUT2D eigenvalue weighted by atomic mass is 10.1.